The zero-order chi connectivity index (χ0) is 8.27. The van der Waals surface area contributed by atoms with Crippen molar-refractivity contribution in [1.82, 2.24) is 0 Å². The van der Waals surface area contributed by atoms with E-state index in [1.165, 1.54) is 18.2 Å². The summed E-state index contributed by atoms with van der Waals surface area (Å²) in [7, 11) is 0. The Hall–Kier alpha value is -0.890. The number of hydrogen-bond donors (Lipinski definition) is 0. The third kappa shape index (κ3) is 1.77. The van der Waals surface area contributed by atoms with Gasteiger partial charge >= 0.3 is 0 Å². The molecular weight excluding hydrogens is 167 g/mol. The highest BCUT2D eigenvalue weighted by Gasteiger charge is 2.04. The first-order valence-corrected chi connectivity index (χ1v) is 3.36. The summed E-state index contributed by atoms with van der Waals surface area (Å²) < 4.78 is 12.8. The monoisotopic (exact) mass is 171 g/mol. The van der Waals surface area contributed by atoms with Crippen molar-refractivity contribution in [3.8, 4) is 0 Å². The van der Waals surface area contributed by atoms with Crippen LogP contribution in [-0.4, -0.2) is 6.29 Å². The molecule has 0 heterocycles. The largest absolute Gasteiger partial charge is 0.303 e. The van der Waals surface area contributed by atoms with Crippen molar-refractivity contribution >= 4 is 17.9 Å². The van der Waals surface area contributed by atoms with Crippen LogP contribution in [0.1, 0.15) is 5.56 Å². The lowest BCUT2D eigenvalue weighted by molar-refractivity contribution is -0.105. The van der Waals surface area contributed by atoms with Crippen molar-refractivity contribution in [2.45, 2.75) is 0 Å². The molecule has 0 atom stereocenters. The molecule has 3 heteroatoms. The highest BCUT2D eigenvalue weighted by atomic mass is 35.5. The Bertz CT molecular complexity index is 253. The maximum atomic E-state index is 12.8. The highest BCUT2D eigenvalue weighted by molar-refractivity contribution is 6.31. The van der Waals surface area contributed by atoms with Crippen LogP contribution in [0.5, 0.6) is 0 Å². The molecule has 1 aromatic rings. The Morgan fingerprint density at radius 1 is 1.45 bits per heavy atom. The van der Waals surface area contributed by atoms with Crippen LogP contribution < -0.4 is 0 Å². The molecule has 1 nitrogen and oxygen atoms in total. The fourth-order valence-corrected chi connectivity index (χ4v) is 0.964. The minimum atomic E-state index is -0.482. The first kappa shape index (κ1) is 8.21. The van der Waals surface area contributed by atoms with E-state index in [0.717, 1.165) is 6.42 Å². The van der Waals surface area contributed by atoms with E-state index in [2.05, 4.69) is 0 Å². The van der Waals surface area contributed by atoms with E-state index in [-0.39, 0.29) is 10.6 Å². The summed E-state index contributed by atoms with van der Waals surface area (Å²) in [4.78, 5) is 10.00. The summed E-state index contributed by atoms with van der Waals surface area (Å²) in [6.07, 6.45) is 1.60. The van der Waals surface area contributed by atoms with Gasteiger partial charge < -0.3 is 4.79 Å². The molecule has 0 amide bonds. The fourth-order valence-electron chi connectivity index (χ4n) is 0.738. The van der Waals surface area contributed by atoms with E-state index in [1.807, 2.05) is 0 Å². The van der Waals surface area contributed by atoms with E-state index < -0.39 is 5.82 Å². The Labute approximate surface area is 68.8 Å². The number of carbonyl (C=O) groups is 1. The van der Waals surface area contributed by atoms with Crippen LogP contribution in [0.25, 0.3) is 0 Å². The van der Waals surface area contributed by atoms with Crippen molar-refractivity contribution in [3.63, 3.8) is 0 Å². The second-order valence-corrected chi connectivity index (χ2v) is 2.35. The highest BCUT2D eigenvalue weighted by Crippen LogP contribution is 2.19. The van der Waals surface area contributed by atoms with Gasteiger partial charge in [-0.25, -0.2) is 4.39 Å². The number of halogens is 2. The standard InChI is InChI=1S/C8H5ClFO/c9-7-2-1-3-8(10)6(7)4-5-11/h1-5H. The number of benzene rings is 1. The van der Waals surface area contributed by atoms with Crippen molar-refractivity contribution in [2.24, 2.45) is 0 Å². The molecule has 1 rings (SSSR count). The molecule has 0 aliphatic heterocycles. The normalized spacial score (nSPS) is 9.64. The number of aldehydes is 1. The lowest BCUT2D eigenvalue weighted by Gasteiger charge is -1.98. The van der Waals surface area contributed by atoms with Gasteiger partial charge in [-0.15, -0.1) is 0 Å². The third-order valence-corrected chi connectivity index (χ3v) is 1.56. The van der Waals surface area contributed by atoms with Crippen molar-refractivity contribution in [3.05, 3.63) is 41.0 Å². The van der Waals surface area contributed by atoms with Crippen LogP contribution in [0.3, 0.4) is 0 Å². The number of carbonyl (C=O) groups excluding carboxylic acids is 1. The van der Waals surface area contributed by atoms with Crippen LogP contribution in [-0.2, 0) is 4.79 Å². The van der Waals surface area contributed by atoms with Gasteiger partial charge in [-0.1, -0.05) is 17.7 Å². The van der Waals surface area contributed by atoms with Crippen molar-refractivity contribution in [1.29, 1.82) is 0 Å². The molecule has 0 aliphatic rings. The Kier molecular flexibility index (Phi) is 2.60. The van der Waals surface area contributed by atoms with E-state index in [4.69, 9.17) is 11.6 Å². The summed E-state index contributed by atoms with van der Waals surface area (Å²) >= 11 is 5.58. The molecule has 0 aromatic heterocycles. The average molecular weight is 172 g/mol. The maximum Gasteiger partial charge on any atom is 0.128 e. The van der Waals surface area contributed by atoms with E-state index in [1.54, 1.807) is 0 Å². The van der Waals surface area contributed by atoms with Gasteiger partial charge in [-0.3, -0.25) is 0 Å². The fraction of sp³-hybridized carbons (Fsp3) is 0. The summed E-state index contributed by atoms with van der Waals surface area (Å²) in [6, 6.07) is 4.26. The molecular formula is C8H5ClFO. The molecule has 0 unspecified atom stereocenters. The molecule has 0 bridgehead atoms. The first-order chi connectivity index (χ1) is 5.25. The third-order valence-electron chi connectivity index (χ3n) is 1.23. The molecule has 0 aliphatic carbocycles. The summed E-state index contributed by atoms with van der Waals surface area (Å²) in [5, 5.41) is 0.247. The van der Waals surface area contributed by atoms with Gasteiger partial charge in [-0.2, -0.15) is 0 Å². The predicted molar refractivity (Wildman–Crippen MR) is 40.9 cm³/mol. The number of rotatable bonds is 2. The molecule has 0 fully saturated rings. The lowest BCUT2D eigenvalue weighted by Crippen LogP contribution is -1.89. The van der Waals surface area contributed by atoms with Gasteiger partial charge in [0.15, 0.2) is 0 Å². The zero-order valence-corrected chi connectivity index (χ0v) is 6.31. The van der Waals surface area contributed by atoms with Gasteiger partial charge in [0.05, 0.1) is 6.42 Å². The maximum absolute atomic E-state index is 12.8. The molecule has 0 spiro atoms. The van der Waals surface area contributed by atoms with Gasteiger partial charge in [0.1, 0.15) is 12.1 Å². The van der Waals surface area contributed by atoms with Crippen molar-refractivity contribution in [2.75, 3.05) is 0 Å². The second kappa shape index (κ2) is 3.49. The molecule has 0 saturated carbocycles. The average Bonchev–Trinajstić information content (AvgIpc) is 1.97. The summed E-state index contributed by atoms with van der Waals surface area (Å²) in [5.74, 6) is -0.482. The summed E-state index contributed by atoms with van der Waals surface area (Å²) in [5.41, 5.74) is 0.143. The lowest BCUT2D eigenvalue weighted by atomic mass is 10.1. The Morgan fingerprint density at radius 2 is 2.18 bits per heavy atom. The van der Waals surface area contributed by atoms with Crippen LogP contribution in [0.4, 0.5) is 4.39 Å². The van der Waals surface area contributed by atoms with E-state index in [9.17, 15) is 9.18 Å². The molecule has 57 valence electrons. The van der Waals surface area contributed by atoms with Crippen LogP contribution in [0, 0.1) is 12.2 Å². The smallest absolute Gasteiger partial charge is 0.128 e. The van der Waals surface area contributed by atoms with Crippen LogP contribution in [0.15, 0.2) is 18.2 Å². The zero-order valence-electron chi connectivity index (χ0n) is 5.55. The van der Waals surface area contributed by atoms with Gasteiger partial charge in [0, 0.05) is 10.6 Å². The number of hydrogen-bond acceptors (Lipinski definition) is 1. The Morgan fingerprint density at radius 3 is 2.73 bits per heavy atom. The van der Waals surface area contributed by atoms with Gasteiger partial charge in [-0.05, 0) is 12.1 Å². The molecule has 1 radical (unpaired) electrons. The SMILES string of the molecule is O=C[CH]c1c(F)cccc1Cl. The van der Waals surface area contributed by atoms with Crippen LogP contribution >= 0.6 is 11.6 Å². The minimum absolute atomic E-state index is 0.143. The first-order valence-electron chi connectivity index (χ1n) is 2.98. The summed E-state index contributed by atoms with van der Waals surface area (Å²) in [6.45, 7) is 0. The molecule has 0 N–H and O–H groups in total. The second-order valence-electron chi connectivity index (χ2n) is 1.94. The predicted octanol–water partition coefficient (Wildman–Crippen LogP) is 2.23. The van der Waals surface area contributed by atoms with E-state index in [0.29, 0.717) is 6.29 Å². The molecule has 0 saturated heterocycles. The van der Waals surface area contributed by atoms with Crippen LogP contribution in [0.2, 0.25) is 5.02 Å². The van der Waals surface area contributed by atoms with Gasteiger partial charge in [0.2, 0.25) is 0 Å². The topological polar surface area (TPSA) is 17.1 Å². The molecule has 11 heavy (non-hydrogen) atoms. The van der Waals surface area contributed by atoms with E-state index >= 15 is 0 Å². The van der Waals surface area contributed by atoms with Gasteiger partial charge in [0.25, 0.3) is 0 Å². The molecule has 1 aromatic carbocycles. The Balaban J connectivity index is 3.09. The minimum Gasteiger partial charge on any atom is -0.303 e. The van der Waals surface area contributed by atoms with Crippen molar-refractivity contribution < 1.29 is 9.18 Å². The quantitative estimate of drug-likeness (QED) is 0.624.